The SMILES string of the molecule is BrCc1ccc(-n2cccn2)cc1.CCc1ccc(N)cc1.CCc1ccc(NCc2ccc(-n3cccn3)cc2)cc1. The zero-order chi connectivity index (χ0) is 30.3. The molecule has 4 aromatic carbocycles. The van der Waals surface area contributed by atoms with Crippen LogP contribution >= 0.6 is 15.9 Å². The number of benzene rings is 4. The van der Waals surface area contributed by atoms with Crippen LogP contribution < -0.4 is 11.1 Å². The molecule has 0 saturated heterocycles. The van der Waals surface area contributed by atoms with Gasteiger partial charge >= 0.3 is 0 Å². The van der Waals surface area contributed by atoms with Crippen LogP contribution in [0.1, 0.15) is 36.1 Å². The maximum Gasteiger partial charge on any atom is 0.0645 e. The Bertz CT molecular complexity index is 1580. The first-order valence-electron chi connectivity index (χ1n) is 14.5. The molecule has 0 atom stereocenters. The quantitative estimate of drug-likeness (QED) is 0.130. The third-order valence-electron chi connectivity index (χ3n) is 6.81. The highest BCUT2D eigenvalue weighted by Crippen LogP contribution is 2.14. The molecule has 220 valence electrons. The first-order valence-corrected chi connectivity index (χ1v) is 15.6. The first kappa shape index (κ1) is 31.3. The molecule has 6 rings (SSSR count). The van der Waals surface area contributed by atoms with Crippen LogP contribution in [0.25, 0.3) is 11.4 Å². The van der Waals surface area contributed by atoms with Crippen molar-refractivity contribution in [1.29, 1.82) is 0 Å². The van der Waals surface area contributed by atoms with Crippen LogP contribution in [0.15, 0.2) is 134 Å². The molecule has 0 radical (unpaired) electrons. The zero-order valence-electron chi connectivity index (χ0n) is 24.8. The maximum absolute atomic E-state index is 5.48. The number of aryl methyl sites for hydroxylation is 2. The minimum Gasteiger partial charge on any atom is -0.399 e. The van der Waals surface area contributed by atoms with Gasteiger partial charge in [0, 0.05) is 48.0 Å². The van der Waals surface area contributed by atoms with Crippen LogP contribution in [0, 0.1) is 0 Å². The van der Waals surface area contributed by atoms with E-state index in [1.54, 1.807) is 12.4 Å². The molecule has 0 bridgehead atoms. The average molecular weight is 636 g/mol. The molecular formula is C36H39BrN6. The molecule has 0 spiro atoms. The predicted molar refractivity (Wildman–Crippen MR) is 183 cm³/mol. The summed E-state index contributed by atoms with van der Waals surface area (Å²) >= 11 is 3.41. The Kier molecular flexibility index (Phi) is 12.2. The molecule has 6 aromatic rings. The number of nitrogen functional groups attached to an aromatic ring is 1. The molecule has 3 N–H and O–H groups in total. The van der Waals surface area contributed by atoms with Crippen molar-refractivity contribution in [2.24, 2.45) is 0 Å². The lowest BCUT2D eigenvalue weighted by Crippen LogP contribution is -2.00. The van der Waals surface area contributed by atoms with Gasteiger partial charge in [-0.3, -0.25) is 0 Å². The Morgan fingerprint density at radius 2 is 1.05 bits per heavy atom. The van der Waals surface area contributed by atoms with Gasteiger partial charge in [0.05, 0.1) is 11.4 Å². The van der Waals surface area contributed by atoms with E-state index in [2.05, 4.69) is 130 Å². The summed E-state index contributed by atoms with van der Waals surface area (Å²) in [7, 11) is 0. The molecule has 0 fully saturated rings. The maximum atomic E-state index is 5.48. The van der Waals surface area contributed by atoms with Crippen LogP contribution in [0.4, 0.5) is 11.4 Å². The summed E-state index contributed by atoms with van der Waals surface area (Å²) < 4.78 is 3.71. The summed E-state index contributed by atoms with van der Waals surface area (Å²) in [5.41, 5.74) is 14.9. The van der Waals surface area contributed by atoms with Crippen molar-refractivity contribution in [1.82, 2.24) is 19.6 Å². The first-order chi connectivity index (χ1) is 21.1. The molecule has 0 aliphatic heterocycles. The van der Waals surface area contributed by atoms with Crippen LogP contribution in [0.3, 0.4) is 0 Å². The van der Waals surface area contributed by atoms with Gasteiger partial charge in [-0.25, -0.2) is 9.36 Å². The number of nitrogens with two attached hydrogens (primary N) is 1. The number of nitrogens with one attached hydrogen (secondary N) is 1. The molecular weight excluding hydrogens is 596 g/mol. The molecule has 0 saturated carbocycles. The van der Waals surface area contributed by atoms with Crippen molar-refractivity contribution in [3.05, 3.63) is 156 Å². The number of rotatable bonds is 8. The second-order valence-electron chi connectivity index (χ2n) is 9.87. The van der Waals surface area contributed by atoms with Crippen LogP contribution in [0.2, 0.25) is 0 Å². The van der Waals surface area contributed by atoms with Crippen LogP contribution in [-0.2, 0) is 24.7 Å². The van der Waals surface area contributed by atoms with Gasteiger partial charge in [0.15, 0.2) is 0 Å². The average Bonchev–Trinajstić information content (AvgIpc) is 3.81. The Labute approximate surface area is 263 Å². The Morgan fingerprint density at radius 3 is 1.47 bits per heavy atom. The third-order valence-corrected chi connectivity index (χ3v) is 7.46. The summed E-state index contributed by atoms with van der Waals surface area (Å²) in [6, 6.07) is 37.1. The summed E-state index contributed by atoms with van der Waals surface area (Å²) in [4.78, 5) is 0. The molecule has 43 heavy (non-hydrogen) atoms. The van der Waals surface area contributed by atoms with Gasteiger partial charge in [0.1, 0.15) is 0 Å². The smallest absolute Gasteiger partial charge is 0.0645 e. The van der Waals surface area contributed by atoms with E-state index in [1.165, 1.54) is 22.3 Å². The monoisotopic (exact) mass is 634 g/mol. The summed E-state index contributed by atoms with van der Waals surface area (Å²) in [6.07, 6.45) is 9.61. The lowest BCUT2D eigenvalue weighted by molar-refractivity contribution is 0.879. The minimum atomic E-state index is 0.824. The number of alkyl halides is 1. The lowest BCUT2D eigenvalue weighted by Gasteiger charge is -2.08. The third kappa shape index (κ3) is 10.0. The molecule has 0 aliphatic carbocycles. The summed E-state index contributed by atoms with van der Waals surface area (Å²) in [6.45, 7) is 5.12. The van der Waals surface area contributed by atoms with Crippen LogP contribution in [0.5, 0.6) is 0 Å². The van der Waals surface area contributed by atoms with E-state index in [9.17, 15) is 0 Å². The largest absolute Gasteiger partial charge is 0.399 e. The fourth-order valence-electron chi connectivity index (χ4n) is 4.16. The minimum absolute atomic E-state index is 0.824. The van der Waals surface area contributed by atoms with E-state index in [4.69, 9.17) is 5.73 Å². The normalized spacial score (nSPS) is 10.2. The Morgan fingerprint density at radius 1 is 0.605 bits per heavy atom. The van der Waals surface area contributed by atoms with Crippen LogP contribution in [-0.4, -0.2) is 19.6 Å². The standard InChI is InChI=1S/C18H19N3.C10H9BrN2.C8H11N/c1-2-15-4-8-17(9-5-15)19-14-16-6-10-18(11-7-16)21-13-3-12-20-21;11-8-9-2-4-10(5-3-9)13-7-1-6-12-13;1-2-7-3-5-8(9)6-4-7/h3-13,19H,2,14H2,1H3;1-7H,8H2;3-6H,2,9H2,1H3. The van der Waals surface area contributed by atoms with E-state index >= 15 is 0 Å². The predicted octanol–water partition coefficient (Wildman–Crippen LogP) is 8.65. The van der Waals surface area contributed by atoms with Crippen molar-refractivity contribution in [3.8, 4) is 11.4 Å². The zero-order valence-corrected chi connectivity index (χ0v) is 26.4. The lowest BCUT2D eigenvalue weighted by atomic mass is 10.1. The summed E-state index contributed by atoms with van der Waals surface area (Å²) in [5, 5.41) is 12.7. The van der Waals surface area contributed by atoms with Gasteiger partial charge in [-0.1, -0.05) is 78.3 Å². The number of hydrogen-bond donors (Lipinski definition) is 2. The molecule has 2 heterocycles. The van der Waals surface area contributed by atoms with Gasteiger partial charge in [0.25, 0.3) is 0 Å². The second-order valence-corrected chi connectivity index (χ2v) is 10.4. The topological polar surface area (TPSA) is 73.7 Å². The van der Waals surface area contributed by atoms with Gasteiger partial charge < -0.3 is 11.1 Å². The molecule has 0 unspecified atom stereocenters. The van der Waals surface area contributed by atoms with E-state index in [1.807, 2.05) is 46.0 Å². The molecule has 0 aliphatic rings. The van der Waals surface area contributed by atoms with Gasteiger partial charge in [-0.05, 0) is 95.8 Å². The highest BCUT2D eigenvalue weighted by atomic mass is 79.9. The van der Waals surface area contributed by atoms with Crippen molar-refractivity contribution in [2.45, 2.75) is 38.6 Å². The highest BCUT2D eigenvalue weighted by molar-refractivity contribution is 9.08. The van der Waals surface area contributed by atoms with E-state index in [0.717, 1.165) is 47.5 Å². The second kappa shape index (κ2) is 16.7. The molecule has 0 amide bonds. The number of hydrogen-bond acceptors (Lipinski definition) is 4. The summed E-state index contributed by atoms with van der Waals surface area (Å²) in [5.74, 6) is 0. The molecule has 2 aromatic heterocycles. The fraction of sp³-hybridized carbons (Fsp3) is 0.167. The molecule has 6 nitrogen and oxygen atoms in total. The van der Waals surface area contributed by atoms with Gasteiger partial charge in [-0.2, -0.15) is 10.2 Å². The number of anilines is 2. The Balaban J connectivity index is 0.000000163. The number of aromatic nitrogens is 4. The van der Waals surface area contributed by atoms with Crippen molar-refractivity contribution >= 4 is 27.3 Å². The highest BCUT2D eigenvalue weighted by Gasteiger charge is 1.99. The van der Waals surface area contributed by atoms with Gasteiger partial charge in [-0.15, -0.1) is 0 Å². The molecule has 7 heteroatoms. The Hall–Kier alpha value is -4.62. The van der Waals surface area contributed by atoms with E-state index < -0.39 is 0 Å². The van der Waals surface area contributed by atoms with Gasteiger partial charge in [0.2, 0.25) is 0 Å². The fourth-order valence-corrected chi connectivity index (χ4v) is 4.54. The van der Waals surface area contributed by atoms with Crippen molar-refractivity contribution < 1.29 is 0 Å². The van der Waals surface area contributed by atoms with E-state index in [-0.39, 0.29) is 0 Å². The van der Waals surface area contributed by atoms with Crippen molar-refractivity contribution in [2.75, 3.05) is 11.1 Å². The van der Waals surface area contributed by atoms with E-state index in [0.29, 0.717) is 0 Å². The number of nitrogens with zero attached hydrogens (tertiary/aromatic N) is 4. The number of halogens is 1. The van der Waals surface area contributed by atoms with Crippen molar-refractivity contribution in [3.63, 3.8) is 0 Å².